The molecule has 0 saturated carbocycles. The lowest BCUT2D eigenvalue weighted by Gasteiger charge is -2.31. The molecule has 0 unspecified atom stereocenters. The van der Waals surface area contributed by atoms with Gasteiger partial charge in [-0.1, -0.05) is 13.3 Å². The molecule has 2 aliphatic heterocycles. The van der Waals surface area contributed by atoms with Crippen molar-refractivity contribution >= 4 is 15.9 Å². The van der Waals surface area contributed by atoms with Crippen LogP contribution >= 0.6 is 0 Å². The van der Waals surface area contributed by atoms with Crippen LogP contribution in [0.4, 0.5) is 0 Å². The zero-order chi connectivity index (χ0) is 14.0. The summed E-state index contributed by atoms with van der Waals surface area (Å²) < 4.78 is 31.6. The van der Waals surface area contributed by atoms with E-state index in [9.17, 15) is 13.2 Å². The van der Waals surface area contributed by atoms with Gasteiger partial charge in [-0.15, -0.1) is 0 Å². The number of sulfonamides is 1. The summed E-state index contributed by atoms with van der Waals surface area (Å²) in [6.45, 7) is 2.66. The first-order valence-corrected chi connectivity index (χ1v) is 8.43. The van der Waals surface area contributed by atoms with Gasteiger partial charge < -0.3 is 10.1 Å². The van der Waals surface area contributed by atoms with E-state index in [-0.39, 0.29) is 29.8 Å². The SMILES string of the molecule is CCCCS(=O)(=O)N1C[C@H]2C[C@@H](C(=O)NC)[C@@H](C1)O2. The van der Waals surface area contributed by atoms with Crippen molar-refractivity contribution in [2.24, 2.45) is 5.92 Å². The highest BCUT2D eigenvalue weighted by Crippen LogP contribution is 2.33. The number of carbonyl (C=O) groups is 1. The number of ether oxygens (including phenoxy) is 1. The summed E-state index contributed by atoms with van der Waals surface area (Å²) in [6, 6.07) is 0. The molecule has 2 bridgehead atoms. The van der Waals surface area contributed by atoms with Crippen molar-refractivity contribution < 1.29 is 17.9 Å². The molecule has 6 nitrogen and oxygen atoms in total. The number of rotatable bonds is 5. The van der Waals surface area contributed by atoms with Gasteiger partial charge in [-0.2, -0.15) is 4.31 Å². The Morgan fingerprint density at radius 3 is 2.79 bits per heavy atom. The quantitative estimate of drug-likeness (QED) is 0.770. The fraction of sp³-hybridized carbons (Fsp3) is 0.917. The molecule has 110 valence electrons. The Hall–Kier alpha value is -0.660. The van der Waals surface area contributed by atoms with E-state index < -0.39 is 10.0 Å². The van der Waals surface area contributed by atoms with E-state index in [4.69, 9.17) is 4.74 Å². The second kappa shape index (κ2) is 5.76. The van der Waals surface area contributed by atoms with Crippen LogP contribution in [0.25, 0.3) is 0 Å². The highest BCUT2D eigenvalue weighted by Gasteiger charge is 2.46. The number of nitrogens with one attached hydrogen (secondary N) is 1. The molecule has 1 N–H and O–H groups in total. The topological polar surface area (TPSA) is 75.7 Å². The van der Waals surface area contributed by atoms with E-state index in [0.29, 0.717) is 25.9 Å². The summed E-state index contributed by atoms with van der Waals surface area (Å²) in [5.74, 6) is -0.0881. The number of morpholine rings is 1. The van der Waals surface area contributed by atoms with Crippen LogP contribution in [0, 0.1) is 5.92 Å². The Labute approximate surface area is 114 Å². The lowest BCUT2D eigenvalue weighted by molar-refractivity contribution is -0.126. The molecule has 3 atom stereocenters. The average molecular weight is 290 g/mol. The van der Waals surface area contributed by atoms with Crippen molar-refractivity contribution in [2.75, 3.05) is 25.9 Å². The van der Waals surface area contributed by atoms with Gasteiger partial charge in [0, 0.05) is 20.1 Å². The van der Waals surface area contributed by atoms with Crippen molar-refractivity contribution in [3.05, 3.63) is 0 Å². The minimum atomic E-state index is -3.21. The monoisotopic (exact) mass is 290 g/mol. The Kier molecular flexibility index (Phi) is 4.47. The maximum absolute atomic E-state index is 12.2. The zero-order valence-electron chi connectivity index (χ0n) is 11.5. The fourth-order valence-corrected chi connectivity index (χ4v) is 4.45. The molecule has 0 aromatic heterocycles. The van der Waals surface area contributed by atoms with Crippen molar-refractivity contribution in [1.29, 1.82) is 0 Å². The van der Waals surface area contributed by atoms with E-state index in [2.05, 4.69) is 5.32 Å². The number of hydrogen-bond donors (Lipinski definition) is 1. The minimum Gasteiger partial charge on any atom is -0.371 e. The first-order chi connectivity index (χ1) is 8.97. The van der Waals surface area contributed by atoms with E-state index in [1.165, 1.54) is 4.31 Å². The van der Waals surface area contributed by atoms with E-state index >= 15 is 0 Å². The Morgan fingerprint density at radius 1 is 1.42 bits per heavy atom. The predicted molar refractivity (Wildman–Crippen MR) is 71.1 cm³/mol. The van der Waals surface area contributed by atoms with Crippen LogP contribution in [-0.2, 0) is 19.6 Å². The first kappa shape index (κ1) is 14.7. The van der Waals surface area contributed by atoms with Crippen molar-refractivity contribution in [3.8, 4) is 0 Å². The van der Waals surface area contributed by atoms with Gasteiger partial charge in [0.05, 0.1) is 23.9 Å². The number of unbranched alkanes of at least 4 members (excludes halogenated alkanes) is 1. The summed E-state index contributed by atoms with van der Waals surface area (Å²) in [5.41, 5.74) is 0. The molecular weight excluding hydrogens is 268 g/mol. The molecule has 0 aliphatic carbocycles. The zero-order valence-corrected chi connectivity index (χ0v) is 12.3. The maximum atomic E-state index is 12.2. The molecule has 0 aromatic carbocycles. The van der Waals surface area contributed by atoms with Gasteiger partial charge in [-0.05, 0) is 12.8 Å². The summed E-state index contributed by atoms with van der Waals surface area (Å²) >= 11 is 0. The third-order valence-corrected chi connectivity index (χ3v) is 5.75. The van der Waals surface area contributed by atoms with Crippen molar-refractivity contribution in [2.45, 2.75) is 38.4 Å². The third-order valence-electron chi connectivity index (χ3n) is 3.86. The van der Waals surface area contributed by atoms with Gasteiger partial charge in [-0.3, -0.25) is 4.79 Å². The van der Waals surface area contributed by atoms with Crippen LogP contribution in [0.2, 0.25) is 0 Å². The van der Waals surface area contributed by atoms with Crippen molar-refractivity contribution in [3.63, 3.8) is 0 Å². The lowest BCUT2D eigenvalue weighted by Crippen LogP contribution is -2.48. The van der Waals surface area contributed by atoms with Gasteiger partial charge in [0.1, 0.15) is 0 Å². The van der Waals surface area contributed by atoms with Gasteiger partial charge in [-0.25, -0.2) is 8.42 Å². The smallest absolute Gasteiger partial charge is 0.225 e. The van der Waals surface area contributed by atoms with Crippen LogP contribution in [0.3, 0.4) is 0 Å². The number of fused-ring (bicyclic) bond motifs is 2. The van der Waals surface area contributed by atoms with Gasteiger partial charge in [0.25, 0.3) is 0 Å². The van der Waals surface area contributed by atoms with Crippen LogP contribution < -0.4 is 5.32 Å². The molecule has 2 aliphatic rings. The minimum absolute atomic E-state index is 0.0553. The fourth-order valence-electron chi connectivity index (χ4n) is 2.77. The lowest BCUT2D eigenvalue weighted by atomic mass is 10.00. The largest absolute Gasteiger partial charge is 0.371 e. The second-order valence-corrected chi connectivity index (χ2v) is 7.33. The Balaban J connectivity index is 2.04. The van der Waals surface area contributed by atoms with Gasteiger partial charge in [0.2, 0.25) is 15.9 Å². The maximum Gasteiger partial charge on any atom is 0.225 e. The normalized spacial score (nSPS) is 31.4. The highest BCUT2D eigenvalue weighted by atomic mass is 32.2. The van der Waals surface area contributed by atoms with E-state index in [0.717, 1.165) is 6.42 Å². The molecular formula is C12H22N2O4S. The summed E-state index contributed by atoms with van der Waals surface area (Å²) in [4.78, 5) is 11.7. The number of amides is 1. The standard InChI is InChI=1S/C12H22N2O4S/c1-3-4-5-19(16,17)14-7-9-6-10(12(15)13-2)11(8-14)18-9/h9-11H,3-8H2,1-2H3,(H,13,15)/t9-,10-,11-/m1/s1. The molecule has 0 spiro atoms. The average Bonchev–Trinajstić information content (AvgIpc) is 2.70. The highest BCUT2D eigenvalue weighted by molar-refractivity contribution is 7.89. The Bertz CT molecular complexity index is 437. The second-order valence-electron chi connectivity index (χ2n) is 5.24. The molecule has 19 heavy (non-hydrogen) atoms. The molecule has 0 aromatic rings. The predicted octanol–water partition coefficient (Wildman–Crippen LogP) is -0.0484. The molecule has 2 heterocycles. The molecule has 0 radical (unpaired) electrons. The first-order valence-electron chi connectivity index (χ1n) is 6.82. The van der Waals surface area contributed by atoms with Gasteiger partial charge in [0.15, 0.2) is 0 Å². The molecule has 2 rings (SSSR count). The molecule has 2 saturated heterocycles. The number of hydrogen-bond acceptors (Lipinski definition) is 4. The third kappa shape index (κ3) is 3.09. The van der Waals surface area contributed by atoms with Gasteiger partial charge >= 0.3 is 0 Å². The number of nitrogens with zero attached hydrogens (tertiary/aromatic N) is 1. The van der Waals surface area contributed by atoms with Crippen LogP contribution in [0.1, 0.15) is 26.2 Å². The van der Waals surface area contributed by atoms with Crippen molar-refractivity contribution in [1.82, 2.24) is 9.62 Å². The summed E-state index contributed by atoms with van der Waals surface area (Å²) in [7, 11) is -1.61. The molecule has 1 amide bonds. The summed E-state index contributed by atoms with van der Waals surface area (Å²) in [6.07, 6.45) is 1.71. The van der Waals surface area contributed by atoms with Crippen LogP contribution in [-0.4, -0.2) is 56.7 Å². The van der Waals surface area contributed by atoms with Crippen LogP contribution in [0.5, 0.6) is 0 Å². The Morgan fingerprint density at radius 2 is 2.16 bits per heavy atom. The molecule has 2 fully saturated rings. The van der Waals surface area contributed by atoms with E-state index in [1.807, 2.05) is 6.92 Å². The molecule has 7 heteroatoms. The number of carbonyl (C=O) groups excluding carboxylic acids is 1. The van der Waals surface area contributed by atoms with Crippen LogP contribution in [0.15, 0.2) is 0 Å². The summed E-state index contributed by atoms with van der Waals surface area (Å²) in [5, 5.41) is 2.62. The van der Waals surface area contributed by atoms with E-state index in [1.54, 1.807) is 7.05 Å².